The molecule has 4 heteroatoms. The molecule has 0 aliphatic heterocycles. The van der Waals surface area contributed by atoms with E-state index in [1.807, 2.05) is 0 Å². The van der Waals surface area contributed by atoms with Crippen LogP contribution < -0.4 is 11.5 Å². The average molecular weight is 188 g/mol. The molecule has 0 radical (unpaired) electrons. The van der Waals surface area contributed by atoms with Crippen LogP contribution in [0, 0.1) is 0 Å². The second kappa shape index (κ2) is 3.77. The summed E-state index contributed by atoms with van der Waals surface area (Å²) in [6.07, 6.45) is 3.66. The Hall–Kier alpha value is -0.0600. The first-order chi connectivity index (χ1) is 5.61. The first-order valence-corrected chi connectivity index (χ1v) is 4.93. The Morgan fingerprint density at radius 1 is 1.58 bits per heavy atom. The van der Waals surface area contributed by atoms with E-state index in [0.29, 0.717) is 6.42 Å². The Morgan fingerprint density at radius 2 is 2.25 bits per heavy atom. The molecule has 0 amide bonds. The molecular formula is C8H16N2OS. The highest BCUT2D eigenvalue weighted by Crippen LogP contribution is 2.26. The average Bonchev–Trinajstić information content (AvgIpc) is 2.09. The molecule has 0 heterocycles. The SMILES string of the molecule is NC1CCCCC1(N)C(=O)CS. The minimum atomic E-state index is -0.792. The number of carbonyl (C=O) groups is 1. The highest BCUT2D eigenvalue weighted by atomic mass is 32.1. The number of hydrogen-bond acceptors (Lipinski definition) is 4. The van der Waals surface area contributed by atoms with Gasteiger partial charge in [0.05, 0.1) is 11.3 Å². The van der Waals surface area contributed by atoms with Gasteiger partial charge in [-0.2, -0.15) is 12.6 Å². The maximum Gasteiger partial charge on any atom is 0.163 e. The molecule has 0 spiro atoms. The fourth-order valence-corrected chi connectivity index (χ4v) is 2.01. The Kier molecular flexibility index (Phi) is 3.15. The number of rotatable bonds is 2. The first kappa shape index (κ1) is 10.0. The van der Waals surface area contributed by atoms with E-state index >= 15 is 0 Å². The predicted octanol–water partition coefficient (Wildman–Crippen LogP) is 0.0841. The zero-order valence-electron chi connectivity index (χ0n) is 7.12. The third-order valence-electron chi connectivity index (χ3n) is 2.68. The summed E-state index contributed by atoms with van der Waals surface area (Å²) in [6, 6.07) is -0.175. The van der Waals surface area contributed by atoms with Gasteiger partial charge in [0, 0.05) is 6.04 Å². The lowest BCUT2D eigenvalue weighted by Crippen LogP contribution is -2.62. The van der Waals surface area contributed by atoms with Gasteiger partial charge in [-0.15, -0.1) is 0 Å². The Labute approximate surface area is 78.3 Å². The van der Waals surface area contributed by atoms with E-state index in [0.717, 1.165) is 19.3 Å². The topological polar surface area (TPSA) is 69.1 Å². The quantitative estimate of drug-likeness (QED) is 0.538. The van der Waals surface area contributed by atoms with Crippen LogP contribution in [0.5, 0.6) is 0 Å². The molecule has 3 nitrogen and oxygen atoms in total. The molecule has 1 fully saturated rings. The fraction of sp³-hybridized carbons (Fsp3) is 0.875. The van der Waals surface area contributed by atoms with Crippen molar-refractivity contribution < 1.29 is 4.79 Å². The molecule has 4 N–H and O–H groups in total. The maximum absolute atomic E-state index is 11.4. The lowest BCUT2D eigenvalue weighted by molar-refractivity contribution is -0.123. The lowest BCUT2D eigenvalue weighted by atomic mass is 9.76. The highest BCUT2D eigenvalue weighted by molar-refractivity contribution is 7.81. The van der Waals surface area contributed by atoms with Gasteiger partial charge in [-0.1, -0.05) is 12.8 Å². The molecule has 0 saturated heterocycles. The largest absolute Gasteiger partial charge is 0.326 e. The summed E-state index contributed by atoms with van der Waals surface area (Å²) >= 11 is 3.94. The molecule has 0 bridgehead atoms. The van der Waals surface area contributed by atoms with Crippen molar-refractivity contribution in [3.05, 3.63) is 0 Å². The van der Waals surface area contributed by atoms with Gasteiger partial charge < -0.3 is 11.5 Å². The van der Waals surface area contributed by atoms with Crippen LogP contribution in [0.2, 0.25) is 0 Å². The molecule has 0 aromatic rings. The molecule has 1 aliphatic rings. The van der Waals surface area contributed by atoms with Crippen LogP contribution in [0.3, 0.4) is 0 Å². The Balaban J connectivity index is 2.72. The number of thiol groups is 1. The van der Waals surface area contributed by atoms with Gasteiger partial charge in [-0.05, 0) is 12.8 Å². The van der Waals surface area contributed by atoms with E-state index in [2.05, 4.69) is 12.6 Å². The van der Waals surface area contributed by atoms with E-state index in [1.54, 1.807) is 0 Å². The zero-order valence-corrected chi connectivity index (χ0v) is 8.02. The molecular weight excluding hydrogens is 172 g/mol. The summed E-state index contributed by atoms with van der Waals surface area (Å²) in [5, 5.41) is 0. The molecule has 0 aromatic carbocycles. The number of carbonyl (C=O) groups excluding carboxylic acids is 1. The van der Waals surface area contributed by atoms with Crippen LogP contribution in [0.25, 0.3) is 0 Å². The predicted molar refractivity (Wildman–Crippen MR) is 52.2 cm³/mol. The summed E-state index contributed by atoms with van der Waals surface area (Å²) in [6.45, 7) is 0. The van der Waals surface area contributed by atoms with Crippen LogP contribution in [0.4, 0.5) is 0 Å². The van der Waals surface area contributed by atoms with E-state index in [1.165, 1.54) is 0 Å². The highest BCUT2D eigenvalue weighted by Gasteiger charge is 2.40. The number of hydrogen-bond donors (Lipinski definition) is 3. The molecule has 2 atom stereocenters. The first-order valence-electron chi connectivity index (χ1n) is 4.30. The lowest BCUT2D eigenvalue weighted by Gasteiger charge is -2.37. The number of nitrogens with two attached hydrogens (primary N) is 2. The number of Topliss-reactive ketones (excluding diaryl/α,β-unsaturated/α-hetero) is 1. The van der Waals surface area contributed by atoms with E-state index < -0.39 is 5.54 Å². The van der Waals surface area contributed by atoms with Gasteiger partial charge in [0.25, 0.3) is 0 Å². The van der Waals surface area contributed by atoms with Crippen molar-refractivity contribution in [2.75, 3.05) is 5.75 Å². The zero-order chi connectivity index (χ0) is 9.19. The molecule has 12 heavy (non-hydrogen) atoms. The van der Waals surface area contributed by atoms with Gasteiger partial charge in [-0.3, -0.25) is 4.79 Å². The molecule has 0 aromatic heterocycles. The van der Waals surface area contributed by atoms with Crippen LogP contribution in [-0.4, -0.2) is 23.1 Å². The minimum absolute atomic E-state index is 0.0157. The van der Waals surface area contributed by atoms with Crippen molar-refractivity contribution in [3.63, 3.8) is 0 Å². The summed E-state index contributed by atoms with van der Waals surface area (Å²) < 4.78 is 0. The van der Waals surface area contributed by atoms with Gasteiger partial charge in [-0.25, -0.2) is 0 Å². The molecule has 70 valence electrons. The second-order valence-corrected chi connectivity index (χ2v) is 3.79. The maximum atomic E-state index is 11.4. The van der Waals surface area contributed by atoms with E-state index in [4.69, 9.17) is 11.5 Å². The van der Waals surface area contributed by atoms with Crippen molar-refractivity contribution in [2.45, 2.75) is 37.3 Å². The van der Waals surface area contributed by atoms with E-state index in [-0.39, 0.29) is 17.6 Å². The van der Waals surface area contributed by atoms with Crippen molar-refractivity contribution in [2.24, 2.45) is 11.5 Å². The van der Waals surface area contributed by atoms with Crippen molar-refractivity contribution in [1.82, 2.24) is 0 Å². The third-order valence-corrected chi connectivity index (χ3v) is 2.97. The van der Waals surface area contributed by atoms with Crippen molar-refractivity contribution >= 4 is 18.4 Å². The normalized spacial score (nSPS) is 36.4. The summed E-state index contributed by atoms with van der Waals surface area (Å²) in [5.41, 5.74) is 11.0. The second-order valence-electron chi connectivity index (χ2n) is 3.47. The summed E-state index contributed by atoms with van der Waals surface area (Å²) in [7, 11) is 0. The van der Waals surface area contributed by atoms with Gasteiger partial charge in [0.15, 0.2) is 5.78 Å². The summed E-state index contributed by atoms with van der Waals surface area (Å²) in [5.74, 6) is 0.183. The van der Waals surface area contributed by atoms with Gasteiger partial charge >= 0.3 is 0 Å². The molecule has 1 saturated carbocycles. The Morgan fingerprint density at radius 3 is 2.75 bits per heavy atom. The monoisotopic (exact) mass is 188 g/mol. The molecule has 1 aliphatic carbocycles. The molecule has 2 unspecified atom stereocenters. The van der Waals surface area contributed by atoms with Gasteiger partial charge in [0.2, 0.25) is 0 Å². The van der Waals surface area contributed by atoms with Crippen LogP contribution in [-0.2, 0) is 4.79 Å². The van der Waals surface area contributed by atoms with Crippen LogP contribution >= 0.6 is 12.6 Å². The van der Waals surface area contributed by atoms with Crippen molar-refractivity contribution in [1.29, 1.82) is 0 Å². The Bertz CT molecular complexity index is 186. The van der Waals surface area contributed by atoms with Crippen molar-refractivity contribution in [3.8, 4) is 0 Å². The van der Waals surface area contributed by atoms with Gasteiger partial charge in [0.1, 0.15) is 0 Å². The minimum Gasteiger partial charge on any atom is -0.326 e. The fourth-order valence-electron chi connectivity index (χ4n) is 1.72. The van der Waals surface area contributed by atoms with Crippen LogP contribution in [0.1, 0.15) is 25.7 Å². The van der Waals surface area contributed by atoms with Crippen LogP contribution in [0.15, 0.2) is 0 Å². The summed E-state index contributed by atoms with van der Waals surface area (Å²) in [4.78, 5) is 11.4. The van der Waals surface area contributed by atoms with E-state index in [9.17, 15) is 4.79 Å². The standard InChI is InChI=1S/C8H16N2OS/c9-6-3-1-2-4-8(6,10)7(11)5-12/h6,12H,1-5,9-10H2. The third kappa shape index (κ3) is 1.65. The molecule has 1 rings (SSSR count). The number of ketones is 1. The smallest absolute Gasteiger partial charge is 0.163 e.